The van der Waals surface area contributed by atoms with Gasteiger partial charge in [-0.3, -0.25) is 34.1 Å². The van der Waals surface area contributed by atoms with Gasteiger partial charge in [-0.15, -0.1) is 10.5 Å². The van der Waals surface area contributed by atoms with Crippen LogP contribution in [-0.4, -0.2) is 189 Å². The number of fused-ring (bicyclic) bond motifs is 5. The lowest BCUT2D eigenvalue weighted by Crippen LogP contribution is -2.63. The fourth-order valence-electron chi connectivity index (χ4n) is 10.3. The number of urea groups is 1. The zero-order valence-electron chi connectivity index (χ0n) is 53.0. The molecule has 3 unspecified atom stereocenters. The molecular weight excluding hydrogens is 1230 g/mol. The predicted octanol–water partition coefficient (Wildman–Crippen LogP) is 3.23. The van der Waals surface area contributed by atoms with Crippen molar-refractivity contribution in [1.82, 2.24) is 41.6 Å². The van der Waals surface area contributed by atoms with Crippen molar-refractivity contribution in [2.75, 3.05) is 59.9 Å². The normalized spacial score (nSPS) is 23.8. The number of imide groups is 1. The van der Waals surface area contributed by atoms with E-state index in [1.165, 1.54) is 52.1 Å². The topological polar surface area (TPSA) is 384 Å². The summed E-state index contributed by atoms with van der Waals surface area (Å²) in [5.74, 6) is -5.01. The van der Waals surface area contributed by atoms with Crippen molar-refractivity contribution in [2.45, 2.75) is 159 Å². The largest absolute Gasteiger partial charge is 0.495 e. The van der Waals surface area contributed by atoms with Gasteiger partial charge in [-0.25, -0.2) is 24.0 Å². The Morgan fingerprint density at radius 3 is 2.32 bits per heavy atom. The number of benzene rings is 2. The number of carbonyl (C=O) groups is 11. The molecule has 504 valence electrons. The number of esters is 1. The second kappa shape index (κ2) is 33.1. The molecule has 4 bridgehead atoms. The molecule has 0 aliphatic carbocycles. The van der Waals surface area contributed by atoms with E-state index in [1.807, 2.05) is 13.0 Å². The van der Waals surface area contributed by atoms with Crippen LogP contribution in [0.5, 0.6) is 11.5 Å². The molecule has 10 amide bonds. The minimum absolute atomic E-state index is 0.0247. The molecule has 31 heteroatoms. The van der Waals surface area contributed by atoms with Gasteiger partial charge in [0.25, 0.3) is 11.8 Å². The molecule has 0 spiro atoms. The molecule has 0 saturated carbocycles. The van der Waals surface area contributed by atoms with Crippen molar-refractivity contribution in [1.29, 1.82) is 0 Å². The van der Waals surface area contributed by atoms with E-state index in [-0.39, 0.29) is 82.5 Å². The first-order valence-electron chi connectivity index (χ1n) is 30.0. The number of nitrogens with one attached hydrogen (secondary N) is 5. The van der Waals surface area contributed by atoms with Crippen LogP contribution in [0.25, 0.3) is 0 Å². The molecular formula is C61H83ClN10O20. The van der Waals surface area contributed by atoms with E-state index in [1.54, 1.807) is 62.4 Å². The number of halogens is 1. The highest BCUT2D eigenvalue weighted by Gasteiger charge is 2.64. The first-order chi connectivity index (χ1) is 43.5. The fraction of sp³-hybridized carbons (Fsp3) is 0.557. The summed E-state index contributed by atoms with van der Waals surface area (Å²) in [6.45, 7) is 6.23. The number of unbranched alkanes of at least 4 members (excludes halogenated alkanes) is 1. The van der Waals surface area contributed by atoms with Crippen LogP contribution in [0, 0.1) is 5.92 Å². The number of anilines is 1. The van der Waals surface area contributed by atoms with Gasteiger partial charge in [0, 0.05) is 85.8 Å². The van der Waals surface area contributed by atoms with Crippen molar-refractivity contribution in [3.63, 3.8) is 0 Å². The number of primary amides is 1. The van der Waals surface area contributed by atoms with Crippen molar-refractivity contribution in [3.05, 3.63) is 76.3 Å². The number of amides is 10. The van der Waals surface area contributed by atoms with E-state index in [0.29, 0.717) is 40.7 Å². The summed E-state index contributed by atoms with van der Waals surface area (Å²) >= 11 is 6.83. The molecule has 4 aliphatic heterocycles. The number of hydrogen-bond donors (Lipinski definition) is 7. The van der Waals surface area contributed by atoms with Gasteiger partial charge in [0.1, 0.15) is 59.2 Å². The number of aliphatic hydroxyl groups is 1. The number of hydrogen-bond acceptors (Lipinski definition) is 21. The summed E-state index contributed by atoms with van der Waals surface area (Å²) in [6, 6.07) is 7.91. The van der Waals surface area contributed by atoms with Crippen molar-refractivity contribution in [2.24, 2.45) is 11.7 Å². The molecule has 8 N–H and O–H groups in total. The number of hydroxylamine groups is 3. The number of likely N-dealkylation sites (N-methyl/N-ethyl adjacent to an activating group) is 1. The van der Waals surface area contributed by atoms with Crippen molar-refractivity contribution in [3.8, 4) is 11.5 Å². The highest BCUT2D eigenvalue weighted by Crippen LogP contribution is 2.49. The van der Waals surface area contributed by atoms with Crippen LogP contribution in [0.1, 0.15) is 109 Å². The van der Waals surface area contributed by atoms with Crippen LogP contribution in [0.4, 0.5) is 20.1 Å². The Morgan fingerprint density at radius 2 is 1.64 bits per heavy atom. The van der Waals surface area contributed by atoms with E-state index >= 15 is 0 Å². The molecule has 3 fully saturated rings. The summed E-state index contributed by atoms with van der Waals surface area (Å²) in [6.07, 6.45) is -0.910. The lowest BCUT2D eigenvalue weighted by atomic mass is 9.83. The average Bonchev–Trinajstić information content (AvgIpc) is 1.57. The minimum atomic E-state index is -1.91. The first-order valence-corrected chi connectivity index (χ1v) is 30.3. The second-order valence-corrected chi connectivity index (χ2v) is 23.5. The third kappa shape index (κ3) is 20.2. The van der Waals surface area contributed by atoms with Crippen LogP contribution in [0.15, 0.2) is 60.2 Å². The van der Waals surface area contributed by atoms with Gasteiger partial charge < -0.3 is 79.6 Å². The van der Waals surface area contributed by atoms with Crippen LogP contribution in [-0.2, 0) is 79.9 Å². The zero-order chi connectivity index (χ0) is 67.6. The molecule has 30 nitrogen and oxygen atoms in total. The minimum Gasteiger partial charge on any atom is -0.495 e. The van der Waals surface area contributed by atoms with E-state index in [9.17, 15) is 57.8 Å². The fourth-order valence-corrected chi connectivity index (χ4v) is 10.7. The van der Waals surface area contributed by atoms with Gasteiger partial charge >= 0.3 is 30.2 Å². The highest BCUT2D eigenvalue weighted by atomic mass is 35.5. The van der Waals surface area contributed by atoms with Crippen LogP contribution >= 0.6 is 11.6 Å². The van der Waals surface area contributed by atoms with E-state index in [4.69, 9.17) is 55.4 Å². The quantitative estimate of drug-likeness (QED) is 0.0135. The standard InChI is InChI=1S/C61H83ClN10O20/c1-35-14-12-15-44(86-9)61(84)32-43(88-58(82)67-61)36(2)55-60(4,90-55)45(31-52(78)71(7)41-29-39(28-35)30-42(85-8)54(41)62)89-56(80)37(3)70(6)49(75)25-27-69(5)59(83)87-34-38-19-21-40(22-20-38)91-68-46(16-13-26-64-57(63)81)66-48(74)33-65-47(73)17-10-11-18-53(79)92-72-50(76)23-24-51(72)77/h12,14-15,19-22,29-30,36-37,43-46,55,68,84H,10-11,13,16-18,23-28,31-34H2,1-9H3,(H,65,73)(H,66,74)(H,67,82)(H3,63,64,81)/b15-12+,35-14+/t36-,37+,43?,44-,45+,46?,55?,60+,61+/m1/s1. The maximum absolute atomic E-state index is 14.4. The number of carbonyl (C=O) groups excluding carboxylic acids is 11. The number of ether oxygens (including phenoxy) is 6. The number of allylic oxidation sites excluding steroid dienone is 3. The van der Waals surface area contributed by atoms with Crippen molar-refractivity contribution >= 4 is 82.9 Å². The van der Waals surface area contributed by atoms with Gasteiger partial charge in [-0.2, -0.15) is 0 Å². The third-order valence-electron chi connectivity index (χ3n) is 16.1. The molecule has 9 atom stereocenters. The summed E-state index contributed by atoms with van der Waals surface area (Å²) in [4.78, 5) is 155. The summed E-state index contributed by atoms with van der Waals surface area (Å²) in [5.41, 5.74) is 7.15. The maximum atomic E-state index is 14.4. The summed E-state index contributed by atoms with van der Waals surface area (Å²) in [7, 11) is 7.19. The van der Waals surface area contributed by atoms with Crippen LogP contribution < -0.4 is 47.0 Å². The highest BCUT2D eigenvalue weighted by molar-refractivity contribution is 6.35. The van der Waals surface area contributed by atoms with E-state index in [2.05, 4.69) is 26.7 Å². The summed E-state index contributed by atoms with van der Waals surface area (Å²) in [5, 5.41) is 22.6. The Bertz CT molecular complexity index is 3100. The Hall–Kier alpha value is -8.58. The molecule has 0 aromatic heterocycles. The molecule has 3 saturated heterocycles. The number of rotatable bonds is 26. The second-order valence-electron chi connectivity index (χ2n) is 23.1. The Kier molecular flexibility index (Phi) is 26.1. The Labute approximate surface area is 537 Å². The SMILES string of the molecule is COc1cc2cc(c1Cl)N(C)C(=O)C[C@H](OC(=O)[C@H](C)N(C)C(=O)CCN(C)C(=O)OCc1ccc(ONC(CCCNC(N)=O)NC(=O)CNC(=O)CCCCC(=O)ON3C(=O)CCC3=O)cc1)[C@]1(C)OC1[C@H](C)C1C[C@@](O)(NC(=O)O1)[C@H](OC)/C=C/C=C(\C)C2. The van der Waals surface area contributed by atoms with Gasteiger partial charge in [-0.05, 0) is 88.3 Å². The Balaban J connectivity index is 0.997. The molecule has 92 heavy (non-hydrogen) atoms. The van der Waals surface area contributed by atoms with Gasteiger partial charge in [-0.1, -0.05) is 54.5 Å². The molecule has 6 rings (SSSR count). The number of nitrogens with zero attached hydrogens (tertiary/aromatic N) is 4. The van der Waals surface area contributed by atoms with Crippen LogP contribution in [0.2, 0.25) is 5.02 Å². The number of nitrogens with two attached hydrogens (primary N) is 1. The monoisotopic (exact) mass is 1310 g/mol. The molecule has 0 radical (unpaired) electrons. The predicted molar refractivity (Wildman–Crippen MR) is 326 cm³/mol. The summed E-state index contributed by atoms with van der Waals surface area (Å²) < 4.78 is 34.9. The van der Waals surface area contributed by atoms with Gasteiger partial charge in [0.2, 0.25) is 23.6 Å². The maximum Gasteiger partial charge on any atom is 0.409 e. The van der Waals surface area contributed by atoms with Crippen LogP contribution in [0.3, 0.4) is 0 Å². The lowest BCUT2D eigenvalue weighted by Gasteiger charge is -2.42. The number of methoxy groups -OCH3 is 2. The average molecular weight is 1310 g/mol. The van der Waals surface area contributed by atoms with E-state index < -0.39 is 132 Å². The molecule has 2 aromatic rings. The van der Waals surface area contributed by atoms with E-state index in [0.717, 1.165) is 16.0 Å². The van der Waals surface area contributed by atoms with Gasteiger partial charge in [0.05, 0.1) is 31.9 Å². The molecule has 4 aliphatic rings. The Morgan fingerprint density at radius 1 is 0.946 bits per heavy atom. The van der Waals surface area contributed by atoms with Crippen molar-refractivity contribution < 1.29 is 95.9 Å². The lowest BCUT2D eigenvalue weighted by molar-refractivity contribution is -0.197. The molecule has 2 aromatic carbocycles. The molecule has 4 heterocycles. The third-order valence-corrected chi connectivity index (χ3v) is 16.5. The zero-order valence-corrected chi connectivity index (χ0v) is 53.8. The number of epoxide rings is 1. The van der Waals surface area contributed by atoms with Gasteiger partial charge in [0.15, 0.2) is 5.72 Å². The number of alkyl carbamates (subject to hydrolysis) is 1. The first kappa shape index (κ1) is 72.5. The smallest absolute Gasteiger partial charge is 0.409 e.